The molecule has 3 rings (SSSR count). The van der Waals surface area contributed by atoms with Gasteiger partial charge in [0.15, 0.2) is 5.82 Å². The monoisotopic (exact) mass is 291 g/mol. The summed E-state index contributed by atoms with van der Waals surface area (Å²) < 4.78 is 12.5. The number of aryl methyl sites for hydroxylation is 2. The first kappa shape index (κ1) is 13.7. The summed E-state index contributed by atoms with van der Waals surface area (Å²) in [7, 11) is 1.78. The summed E-state index contributed by atoms with van der Waals surface area (Å²) in [5, 5.41) is 6.68. The lowest BCUT2D eigenvalue weighted by atomic mass is 10.0. The largest absolute Gasteiger partial charge is 0.368 e. The Balaban J connectivity index is 1.62. The van der Waals surface area contributed by atoms with Crippen LogP contribution in [-0.2, 0) is 11.8 Å². The van der Waals surface area contributed by atoms with Crippen molar-refractivity contribution in [2.24, 2.45) is 13.0 Å². The fourth-order valence-corrected chi connectivity index (χ4v) is 2.43. The molecule has 112 valence electrons. The minimum absolute atomic E-state index is 0.127. The SMILES string of the molecule is Cc1noc([C@H]2OCC[C@H]2CNC(=O)c2cncn2C)n1. The molecule has 0 saturated carbocycles. The second-order valence-corrected chi connectivity index (χ2v) is 5.12. The van der Waals surface area contributed by atoms with E-state index in [1.54, 1.807) is 31.1 Å². The molecule has 2 atom stereocenters. The van der Waals surface area contributed by atoms with Gasteiger partial charge in [0.2, 0.25) is 0 Å². The zero-order valence-corrected chi connectivity index (χ0v) is 11.9. The zero-order chi connectivity index (χ0) is 14.8. The summed E-state index contributed by atoms with van der Waals surface area (Å²) in [4.78, 5) is 20.2. The van der Waals surface area contributed by atoms with Gasteiger partial charge in [-0.15, -0.1) is 0 Å². The molecule has 1 amide bonds. The molecule has 8 heteroatoms. The molecule has 0 spiro atoms. The van der Waals surface area contributed by atoms with E-state index in [-0.39, 0.29) is 17.9 Å². The fourth-order valence-electron chi connectivity index (χ4n) is 2.43. The highest BCUT2D eigenvalue weighted by molar-refractivity contribution is 5.92. The molecule has 0 bridgehead atoms. The van der Waals surface area contributed by atoms with Crippen molar-refractivity contribution < 1.29 is 14.1 Å². The lowest BCUT2D eigenvalue weighted by Crippen LogP contribution is -2.31. The van der Waals surface area contributed by atoms with E-state index in [0.29, 0.717) is 30.6 Å². The van der Waals surface area contributed by atoms with Crippen molar-refractivity contribution >= 4 is 5.91 Å². The number of rotatable bonds is 4. The van der Waals surface area contributed by atoms with Gasteiger partial charge in [-0.05, 0) is 13.3 Å². The van der Waals surface area contributed by atoms with Gasteiger partial charge in [0.1, 0.15) is 11.8 Å². The van der Waals surface area contributed by atoms with E-state index in [4.69, 9.17) is 9.26 Å². The first-order valence-electron chi connectivity index (χ1n) is 6.81. The van der Waals surface area contributed by atoms with Crippen molar-refractivity contribution in [3.05, 3.63) is 29.9 Å². The average Bonchev–Trinajstić information content (AvgIpc) is 3.16. The van der Waals surface area contributed by atoms with Crippen LogP contribution in [0.5, 0.6) is 0 Å². The molecular formula is C13H17N5O3. The van der Waals surface area contributed by atoms with Crippen molar-refractivity contribution in [3.63, 3.8) is 0 Å². The number of hydrogen-bond acceptors (Lipinski definition) is 6. The molecule has 0 aromatic carbocycles. The van der Waals surface area contributed by atoms with Gasteiger partial charge >= 0.3 is 0 Å². The molecular weight excluding hydrogens is 274 g/mol. The lowest BCUT2D eigenvalue weighted by Gasteiger charge is -2.15. The molecule has 2 aromatic heterocycles. The Morgan fingerprint density at radius 3 is 3.10 bits per heavy atom. The van der Waals surface area contributed by atoms with Crippen LogP contribution in [0, 0.1) is 12.8 Å². The average molecular weight is 291 g/mol. The molecule has 21 heavy (non-hydrogen) atoms. The zero-order valence-electron chi connectivity index (χ0n) is 11.9. The molecule has 2 aromatic rings. The minimum Gasteiger partial charge on any atom is -0.368 e. The Labute approximate surface area is 121 Å². The van der Waals surface area contributed by atoms with Gasteiger partial charge in [-0.3, -0.25) is 4.79 Å². The van der Waals surface area contributed by atoms with Crippen LogP contribution in [0.15, 0.2) is 17.0 Å². The number of nitrogens with zero attached hydrogens (tertiary/aromatic N) is 4. The molecule has 1 fully saturated rings. The molecule has 1 aliphatic heterocycles. The number of amides is 1. The van der Waals surface area contributed by atoms with E-state index in [2.05, 4.69) is 20.4 Å². The summed E-state index contributed by atoms with van der Waals surface area (Å²) in [6, 6.07) is 0. The maximum absolute atomic E-state index is 12.1. The Kier molecular flexibility index (Phi) is 3.70. The van der Waals surface area contributed by atoms with Crippen LogP contribution >= 0.6 is 0 Å². The Bertz CT molecular complexity index is 635. The molecule has 0 unspecified atom stereocenters. The maximum Gasteiger partial charge on any atom is 0.269 e. The predicted octanol–water partition coefficient (Wildman–Crippen LogP) is 0.619. The van der Waals surface area contributed by atoms with Crippen LogP contribution in [0.4, 0.5) is 0 Å². The Hall–Kier alpha value is -2.22. The molecule has 1 N–H and O–H groups in total. The highest BCUT2D eigenvalue weighted by atomic mass is 16.5. The predicted molar refractivity (Wildman–Crippen MR) is 71.4 cm³/mol. The summed E-state index contributed by atoms with van der Waals surface area (Å²) >= 11 is 0. The van der Waals surface area contributed by atoms with E-state index in [0.717, 1.165) is 6.42 Å². The van der Waals surface area contributed by atoms with Crippen LogP contribution in [0.25, 0.3) is 0 Å². The minimum atomic E-state index is -0.252. The topological polar surface area (TPSA) is 95.1 Å². The number of hydrogen-bond donors (Lipinski definition) is 1. The number of nitrogens with one attached hydrogen (secondary N) is 1. The van der Waals surface area contributed by atoms with Crippen LogP contribution in [0.1, 0.15) is 34.7 Å². The first-order chi connectivity index (χ1) is 10.1. The molecule has 0 radical (unpaired) electrons. The molecule has 1 saturated heterocycles. The van der Waals surface area contributed by atoms with Gasteiger partial charge in [0.05, 0.1) is 12.5 Å². The van der Waals surface area contributed by atoms with Crippen LogP contribution in [-0.4, -0.2) is 38.8 Å². The van der Waals surface area contributed by atoms with E-state index >= 15 is 0 Å². The number of carbonyl (C=O) groups is 1. The normalized spacial score (nSPS) is 21.6. The van der Waals surface area contributed by atoms with Gasteiger partial charge in [0.25, 0.3) is 11.8 Å². The summed E-state index contributed by atoms with van der Waals surface area (Å²) in [5.74, 6) is 1.03. The quantitative estimate of drug-likeness (QED) is 0.887. The first-order valence-corrected chi connectivity index (χ1v) is 6.81. The lowest BCUT2D eigenvalue weighted by molar-refractivity contribution is 0.0612. The second kappa shape index (κ2) is 5.65. The van der Waals surface area contributed by atoms with Crippen LogP contribution in [0.2, 0.25) is 0 Å². The van der Waals surface area contributed by atoms with Crippen molar-refractivity contribution in [1.29, 1.82) is 0 Å². The molecule has 3 heterocycles. The summed E-state index contributed by atoms with van der Waals surface area (Å²) in [6.07, 6.45) is 3.73. The molecule has 0 aliphatic carbocycles. The van der Waals surface area contributed by atoms with E-state index in [1.807, 2.05) is 0 Å². The van der Waals surface area contributed by atoms with Crippen LogP contribution in [0.3, 0.4) is 0 Å². The Morgan fingerprint density at radius 2 is 2.43 bits per heavy atom. The van der Waals surface area contributed by atoms with Crippen molar-refractivity contribution in [1.82, 2.24) is 25.0 Å². The fraction of sp³-hybridized carbons (Fsp3) is 0.538. The van der Waals surface area contributed by atoms with Gasteiger partial charge in [-0.1, -0.05) is 5.16 Å². The number of ether oxygens (including phenoxy) is 1. The van der Waals surface area contributed by atoms with Gasteiger partial charge in [-0.25, -0.2) is 4.98 Å². The Morgan fingerprint density at radius 1 is 1.57 bits per heavy atom. The van der Waals surface area contributed by atoms with E-state index < -0.39 is 0 Å². The van der Waals surface area contributed by atoms with Crippen molar-refractivity contribution in [3.8, 4) is 0 Å². The maximum atomic E-state index is 12.1. The highest BCUT2D eigenvalue weighted by Gasteiger charge is 2.34. The summed E-state index contributed by atoms with van der Waals surface area (Å²) in [6.45, 7) is 2.88. The van der Waals surface area contributed by atoms with E-state index in [1.165, 1.54) is 0 Å². The third-order valence-corrected chi connectivity index (χ3v) is 3.58. The molecule has 1 aliphatic rings. The number of carbonyl (C=O) groups excluding carboxylic acids is 1. The highest BCUT2D eigenvalue weighted by Crippen LogP contribution is 2.33. The third kappa shape index (κ3) is 2.80. The van der Waals surface area contributed by atoms with E-state index in [9.17, 15) is 4.79 Å². The summed E-state index contributed by atoms with van der Waals surface area (Å²) in [5.41, 5.74) is 0.527. The van der Waals surface area contributed by atoms with Gasteiger partial charge in [0, 0.05) is 26.1 Å². The van der Waals surface area contributed by atoms with Crippen LogP contribution < -0.4 is 5.32 Å². The number of aromatic nitrogens is 4. The third-order valence-electron chi connectivity index (χ3n) is 3.58. The smallest absolute Gasteiger partial charge is 0.269 e. The van der Waals surface area contributed by atoms with Gasteiger partial charge in [-0.2, -0.15) is 4.98 Å². The van der Waals surface area contributed by atoms with Crippen molar-refractivity contribution in [2.45, 2.75) is 19.4 Å². The molecule has 8 nitrogen and oxygen atoms in total. The number of imidazole rings is 1. The standard InChI is InChI=1S/C13H17N5O3/c1-8-16-13(21-17-8)11-9(3-4-20-11)5-15-12(19)10-6-14-7-18(10)2/h6-7,9,11H,3-5H2,1-2H3,(H,15,19)/t9-,11-/m0/s1. The second-order valence-electron chi connectivity index (χ2n) is 5.12. The van der Waals surface area contributed by atoms with Crippen molar-refractivity contribution in [2.75, 3.05) is 13.2 Å². The van der Waals surface area contributed by atoms with Gasteiger partial charge < -0.3 is 19.1 Å².